The predicted octanol–water partition coefficient (Wildman–Crippen LogP) is 10.1. The van der Waals surface area contributed by atoms with Gasteiger partial charge in [-0.25, -0.2) is 0 Å². The van der Waals surface area contributed by atoms with Crippen molar-refractivity contribution in [3.63, 3.8) is 0 Å². The normalized spacial score (nSPS) is 13.2. The van der Waals surface area contributed by atoms with Gasteiger partial charge in [-0.15, -0.1) is 47.0 Å². The fourth-order valence-electron chi connectivity index (χ4n) is 6.35. The van der Waals surface area contributed by atoms with Crippen LogP contribution in [-0.4, -0.2) is 11.0 Å². The van der Waals surface area contributed by atoms with Gasteiger partial charge in [-0.3, -0.25) is 0 Å². The van der Waals surface area contributed by atoms with Crippen molar-refractivity contribution in [2.24, 2.45) is 0 Å². The molecule has 8 rings (SSSR count). The van der Waals surface area contributed by atoms with E-state index < -0.39 is 0 Å². The fraction of sp³-hybridized carbons (Fsp3) is 0.143. The van der Waals surface area contributed by atoms with Crippen LogP contribution in [0.25, 0.3) is 22.4 Å². The Morgan fingerprint density at radius 1 is 0.696 bits per heavy atom. The van der Waals surface area contributed by atoms with Crippen molar-refractivity contribution >= 4 is 28.8 Å². The SMILES string of the molecule is CC1(C)c2ccccc2-c2cc[c-]c([N+]3=C=[N+](c4ccccc4)c4ccccc43)c21.Cc1c[c-]c(-c2cc(C)c(C)cn2)cc1.[Ir]. The summed E-state index contributed by atoms with van der Waals surface area (Å²) < 4.78 is 4.31. The van der Waals surface area contributed by atoms with E-state index in [1.807, 2.05) is 24.4 Å². The minimum absolute atomic E-state index is 0. The second-order valence-electron chi connectivity index (χ2n) is 12.3. The zero-order valence-corrected chi connectivity index (χ0v) is 29.1. The van der Waals surface area contributed by atoms with E-state index in [2.05, 4.69) is 164 Å². The standard InChI is InChI=1S/C28H21N2.C14H14N.Ir/c1-28(2)23-15-7-6-13-21(23)22-14-10-18-26(27(22)28)30-19-29(20-11-4-3-5-12-20)24-16-8-9-17-25(24)30;1-10-4-6-13(7-5-10)14-8-11(2)12(3)9-15-14;/h3-17H,1-2H3;4-6,8-9H,1-3H3;/q+1;-1;. The molecule has 2 aliphatic rings. The van der Waals surface area contributed by atoms with Gasteiger partial charge in [-0.2, -0.15) is 12.1 Å². The van der Waals surface area contributed by atoms with Gasteiger partial charge in [0.25, 0.3) is 11.4 Å². The first-order valence-corrected chi connectivity index (χ1v) is 15.4. The van der Waals surface area contributed by atoms with Gasteiger partial charge in [0.15, 0.2) is 0 Å². The number of para-hydroxylation sites is 3. The first kappa shape index (κ1) is 31.3. The van der Waals surface area contributed by atoms with Crippen LogP contribution in [0, 0.1) is 32.9 Å². The molecular weight excluding hydrogens is 739 g/mol. The monoisotopic (exact) mass is 774 g/mol. The first-order chi connectivity index (χ1) is 21.8. The molecular formula is C42H35IrN3. The van der Waals surface area contributed by atoms with Gasteiger partial charge in [-0.1, -0.05) is 97.1 Å². The number of nitrogens with zero attached hydrogens (tertiary/aromatic N) is 3. The van der Waals surface area contributed by atoms with Gasteiger partial charge >= 0.3 is 6.01 Å². The average molecular weight is 774 g/mol. The average Bonchev–Trinajstić information content (AvgIpc) is 3.57. The number of hydrogen-bond acceptors (Lipinski definition) is 1. The Morgan fingerprint density at radius 3 is 2.11 bits per heavy atom. The minimum Gasteiger partial charge on any atom is -0.304 e. The van der Waals surface area contributed by atoms with Crippen molar-refractivity contribution in [2.75, 3.05) is 0 Å². The molecule has 0 amide bonds. The number of aromatic nitrogens is 1. The molecule has 0 saturated heterocycles. The summed E-state index contributed by atoms with van der Waals surface area (Å²) in [5.41, 5.74) is 15.4. The number of fused-ring (bicyclic) bond motifs is 4. The summed E-state index contributed by atoms with van der Waals surface area (Å²) in [5.74, 6) is 0. The second kappa shape index (κ2) is 12.6. The molecule has 0 atom stereocenters. The van der Waals surface area contributed by atoms with Crippen molar-refractivity contribution in [2.45, 2.75) is 40.0 Å². The smallest absolute Gasteiger partial charge is 0.304 e. The number of aryl methyl sites for hydroxylation is 3. The summed E-state index contributed by atoms with van der Waals surface area (Å²) in [6.07, 6.45) is 1.92. The van der Waals surface area contributed by atoms with Crippen LogP contribution < -0.4 is 9.15 Å². The van der Waals surface area contributed by atoms with Crippen LogP contribution in [-0.2, 0) is 25.5 Å². The summed E-state index contributed by atoms with van der Waals surface area (Å²) in [4.78, 5) is 4.41. The first-order valence-electron chi connectivity index (χ1n) is 15.4. The van der Waals surface area contributed by atoms with Crippen LogP contribution in [0.1, 0.15) is 41.7 Å². The third kappa shape index (κ3) is 5.50. The maximum absolute atomic E-state index is 4.41. The van der Waals surface area contributed by atoms with Gasteiger partial charge in [0.05, 0.1) is 0 Å². The summed E-state index contributed by atoms with van der Waals surface area (Å²) in [6.45, 7) is 10.9. The molecule has 1 aliphatic heterocycles. The molecule has 0 N–H and O–H groups in total. The third-order valence-electron chi connectivity index (χ3n) is 8.91. The molecule has 1 radical (unpaired) electrons. The Bertz CT molecular complexity index is 2140. The number of benzene rings is 5. The molecule has 6 aromatic rings. The molecule has 1 aromatic heterocycles. The van der Waals surface area contributed by atoms with E-state index in [1.54, 1.807) is 0 Å². The Kier molecular flexibility index (Phi) is 8.55. The molecule has 227 valence electrons. The molecule has 4 heteroatoms. The molecule has 0 unspecified atom stereocenters. The molecule has 3 nitrogen and oxygen atoms in total. The summed E-state index contributed by atoms with van der Waals surface area (Å²) in [7, 11) is 0. The zero-order chi connectivity index (χ0) is 31.1. The Morgan fingerprint density at radius 2 is 1.39 bits per heavy atom. The molecule has 0 spiro atoms. The maximum Gasteiger partial charge on any atom is 0.501 e. The second-order valence-corrected chi connectivity index (χ2v) is 12.3. The van der Waals surface area contributed by atoms with Crippen molar-refractivity contribution < 1.29 is 20.1 Å². The van der Waals surface area contributed by atoms with Gasteiger partial charge in [-0.05, 0) is 46.2 Å². The van der Waals surface area contributed by atoms with Crippen molar-refractivity contribution in [1.82, 2.24) is 14.1 Å². The van der Waals surface area contributed by atoms with Crippen LogP contribution >= 0.6 is 0 Å². The van der Waals surface area contributed by atoms with Crippen LogP contribution in [0.15, 0.2) is 121 Å². The van der Waals surface area contributed by atoms with Gasteiger partial charge < -0.3 is 4.98 Å². The number of rotatable bonds is 3. The molecule has 0 fully saturated rings. The Hall–Kier alpha value is -4.72. The Balaban J connectivity index is 0.000000197. The van der Waals surface area contributed by atoms with Crippen LogP contribution in [0.4, 0.5) is 22.7 Å². The molecule has 5 aromatic carbocycles. The molecule has 0 saturated carbocycles. The van der Waals surface area contributed by atoms with Gasteiger partial charge in [0.2, 0.25) is 5.69 Å². The van der Waals surface area contributed by atoms with Crippen molar-refractivity contribution in [1.29, 1.82) is 0 Å². The van der Waals surface area contributed by atoms with E-state index in [9.17, 15) is 0 Å². The maximum atomic E-state index is 4.41. The molecule has 46 heavy (non-hydrogen) atoms. The van der Waals surface area contributed by atoms with Crippen molar-refractivity contribution in [3.8, 4) is 22.4 Å². The summed E-state index contributed by atoms with van der Waals surface area (Å²) in [5, 5.41) is 0. The predicted molar refractivity (Wildman–Crippen MR) is 186 cm³/mol. The van der Waals surface area contributed by atoms with Crippen molar-refractivity contribution in [3.05, 3.63) is 161 Å². The zero-order valence-electron chi connectivity index (χ0n) is 26.7. The fourth-order valence-corrected chi connectivity index (χ4v) is 6.35. The Labute approximate surface area is 285 Å². The van der Waals surface area contributed by atoms with E-state index in [4.69, 9.17) is 0 Å². The minimum atomic E-state index is -0.101. The van der Waals surface area contributed by atoms with Gasteiger partial charge in [0.1, 0.15) is 5.69 Å². The number of pyridine rings is 1. The van der Waals surface area contributed by atoms with E-state index in [0.717, 1.165) is 34.0 Å². The third-order valence-corrected chi connectivity index (χ3v) is 8.91. The quantitative estimate of drug-likeness (QED) is 0.129. The molecule has 1 aliphatic carbocycles. The topological polar surface area (TPSA) is 18.9 Å². The van der Waals surface area contributed by atoms with E-state index >= 15 is 0 Å². The van der Waals surface area contributed by atoms with Crippen LogP contribution in [0.5, 0.6) is 0 Å². The summed E-state index contributed by atoms with van der Waals surface area (Å²) >= 11 is 0. The molecule has 0 bridgehead atoms. The van der Waals surface area contributed by atoms with Crippen LogP contribution in [0.2, 0.25) is 0 Å². The van der Waals surface area contributed by atoms with E-state index in [0.29, 0.717) is 0 Å². The largest absolute Gasteiger partial charge is 0.501 e. The van der Waals surface area contributed by atoms with Crippen LogP contribution in [0.3, 0.4) is 0 Å². The van der Waals surface area contributed by atoms with Gasteiger partial charge in [0, 0.05) is 50.6 Å². The number of hydrogen-bond donors (Lipinski definition) is 0. The molecule has 2 heterocycles. The van der Waals surface area contributed by atoms with E-state index in [1.165, 1.54) is 38.9 Å². The van der Waals surface area contributed by atoms with E-state index in [-0.39, 0.29) is 25.5 Å². The summed E-state index contributed by atoms with van der Waals surface area (Å²) in [6, 6.07) is 50.5.